The molecule has 4 rings (SSSR count). The molecule has 2 aliphatic rings. The van der Waals surface area contributed by atoms with Crippen molar-refractivity contribution in [3.63, 3.8) is 0 Å². The summed E-state index contributed by atoms with van der Waals surface area (Å²) in [6.45, 7) is 1.23. The topological polar surface area (TPSA) is 113 Å². The minimum atomic E-state index is -1.24. The standard InChI is InChI=1S/C28H31F3N4O4/c29-21-16-23(31)22(30)14-18(21)15-24(32)17-8-12-34(13-9-17)26(37)7-10-33-25(36)6-3-11-35-27(38)19-4-1-2-5-20(19)28(35)39/h1-2,4-5,14,16-17,24H,3,6-13,15,32H2,(H,33,36)/t24-/m1/s1. The molecule has 1 fully saturated rings. The highest BCUT2D eigenvalue weighted by atomic mass is 19.2. The van der Waals surface area contributed by atoms with E-state index >= 15 is 0 Å². The number of hydrogen-bond donors (Lipinski definition) is 2. The van der Waals surface area contributed by atoms with Crippen LogP contribution >= 0.6 is 0 Å². The molecule has 208 valence electrons. The zero-order valence-electron chi connectivity index (χ0n) is 21.4. The van der Waals surface area contributed by atoms with E-state index in [-0.39, 0.29) is 67.5 Å². The molecule has 0 aliphatic carbocycles. The second kappa shape index (κ2) is 12.4. The molecule has 2 aromatic rings. The summed E-state index contributed by atoms with van der Waals surface area (Å²) < 4.78 is 40.6. The number of benzene rings is 2. The average Bonchev–Trinajstić information content (AvgIpc) is 3.16. The fraction of sp³-hybridized carbons (Fsp3) is 0.429. The van der Waals surface area contributed by atoms with Crippen LogP contribution in [-0.4, -0.2) is 65.6 Å². The van der Waals surface area contributed by atoms with Gasteiger partial charge in [-0.05, 0) is 55.4 Å². The molecule has 0 spiro atoms. The van der Waals surface area contributed by atoms with Crippen LogP contribution < -0.4 is 11.1 Å². The van der Waals surface area contributed by atoms with Crippen LogP contribution in [0, 0.1) is 23.4 Å². The van der Waals surface area contributed by atoms with Gasteiger partial charge in [0.05, 0.1) is 11.1 Å². The van der Waals surface area contributed by atoms with E-state index in [4.69, 9.17) is 5.73 Å². The lowest BCUT2D eigenvalue weighted by atomic mass is 9.86. The summed E-state index contributed by atoms with van der Waals surface area (Å²) in [6, 6.07) is 7.50. The van der Waals surface area contributed by atoms with Crippen molar-refractivity contribution in [1.82, 2.24) is 15.1 Å². The number of piperidine rings is 1. The van der Waals surface area contributed by atoms with Crippen molar-refractivity contribution in [3.8, 4) is 0 Å². The number of nitrogens with zero attached hydrogens (tertiary/aromatic N) is 2. The zero-order chi connectivity index (χ0) is 28.1. The molecule has 0 radical (unpaired) electrons. The number of hydrogen-bond acceptors (Lipinski definition) is 5. The molecule has 2 aromatic carbocycles. The predicted molar refractivity (Wildman–Crippen MR) is 136 cm³/mol. The molecule has 0 aromatic heterocycles. The summed E-state index contributed by atoms with van der Waals surface area (Å²) in [5, 5.41) is 2.70. The number of rotatable bonds is 10. The fourth-order valence-corrected chi connectivity index (χ4v) is 5.11. The fourth-order valence-electron chi connectivity index (χ4n) is 5.11. The van der Waals surface area contributed by atoms with Gasteiger partial charge in [-0.3, -0.25) is 24.1 Å². The van der Waals surface area contributed by atoms with Gasteiger partial charge in [0.25, 0.3) is 11.8 Å². The van der Waals surface area contributed by atoms with Gasteiger partial charge in [0.15, 0.2) is 11.6 Å². The van der Waals surface area contributed by atoms with Crippen LogP contribution in [0.3, 0.4) is 0 Å². The third-order valence-corrected chi connectivity index (χ3v) is 7.37. The van der Waals surface area contributed by atoms with Crippen molar-refractivity contribution in [2.45, 2.75) is 44.6 Å². The number of fused-ring (bicyclic) bond motifs is 1. The number of carbonyl (C=O) groups is 4. The van der Waals surface area contributed by atoms with Gasteiger partial charge in [-0.2, -0.15) is 0 Å². The minimum absolute atomic E-state index is 0.00318. The summed E-state index contributed by atoms with van der Waals surface area (Å²) >= 11 is 0. The molecule has 0 saturated carbocycles. The van der Waals surface area contributed by atoms with Gasteiger partial charge in [0, 0.05) is 51.1 Å². The van der Waals surface area contributed by atoms with Crippen molar-refractivity contribution in [2.75, 3.05) is 26.2 Å². The quantitative estimate of drug-likeness (QED) is 0.353. The summed E-state index contributed by atoms with van der Waals surface area (Å²) in [5.74, 6) is -4.28. The Balaban J connectivity index is 1.12. The number of halogens is 3. The van der Waals surface area contributed by atoms with E-state index in [0.717, 1.165) is 11.0 Å². The molecule has 2 heterocycles. The number of nitrogens with two attached hydrogens (primary N) is 1. The highest BCUT2D eigenvalue weighted by Gasteiger charge is 2.34. The van der Waals surface area contributed by atoms with E-state index in [1.807, 2.05) is 0 Å². The van der Waals surface area contributed by atoms with Crippen LogP contribution in [0.5, 0.6) is 0 Å². The third-order valence-electron chi connectivity index (χ3n) is 7.37. The highest BCUT2D eigenvalue weighted by Crippen LogP contribution is 2.25. The highest BCUT2D eigenvalue weighted by molar-refractivity contribution is 6.21. The summed E-state index contributed by atoms with van der Waals surface area (Å²) in [7, 11) is 0. The van der Waals surface area contributed by atoms with E-state index in [1.165, 1.54) is 0 Å². The van der Waals surface area contributed by atoms with Crippen LogP contribution in [0.15, 0.2) is 36.4 Å². The number of amides is 4. The van der Waals surface area contributed by atoms with Gasteiger partial charge in [-0.1, -0.05) is 12.1 Å². The Morgan fingerprint density at radius 2 is 1.56 bits per heavy atom. The Morgan fingerprint density at radius 3 is 2.21 bits per heavy atom. The van der Waals surface area contributed by atoms with Crippen molar-refractivity contribution in [2.24, 2.45) is 11.7 Å². The molecule has 39 heavy (non-hydrogen) atoms. The Hall–Kier alpha value is -3.73. The van der Waals surface area contributed by atoms with Crippen molar-refractivity contribution in [3.05, 3.63) is 70.5 Å². The molecule has 4 amide bonds. The van der Waals surface area contributed by atoms with E-state index in [1.54, 1.807) is 29.2 Å². The Labute approximate surface area is 224 Å². The van der Waals surface area contributed by atoms with E-state index in [2.05, 4.69) is 5.32 Å². The first-order valence-corrected chi connectivity index (χ1v) is 13.0. The smallest absolute Gasteiger partial charge is 0.261 e. The van der Waals surface area contributed by atoms with Gasteiger partial charge in [0.2, 0.25) is 11.8 Å². The van der Waals surface area contributed by atoms with Gasteiger partial charge >= 0.3 is 0 Å². The molecule has 11 heteroatoms. The number of likely N-dealkylation sites (tertiary alicyclic amines) is 1. The van der Waals surface area contributed by atoms with Crippen molar-refractivity contribution >= 4 is 23.6 Å². The zero-order valence-corrected chi connectivity index (χ0v) is 21.4. The predicted octanol–water partition coefficient (Wildman–Crippen LogP) is 2.80. The van der Waals surface area contributed by atoms with Crippen LogP contribution in [0.1, 0.15) is 58.4 Å². The van der Waals surface area contributed by atoms with E-state index in [0.29, 0.717) is 49.5 Å². The maximum absolute atomic E-state index is 13.9. The normalized spacial score (nSPS) is 16.4. The number of carbonyl (C=O) groups excluding carboxylic acids is 4. The van der Waals surface area contributed by atoms with Gasteiger partial charge in [-0.25, -0.2) is 13.2 Å². The SMILES string of the molecule is N[C@H](Cc1cc(F)c(F)cc1F)C1CCN(C(=O)CCNC(=O)CCCN2C(=O)c3ccccc3C2=O)CC1. The molecule has 1 saturated heterocycles. The lowest BCUT2D eigenvalue weighted by molar-refractivity contribution is -0.132. The van der Waals surface area contributed by atoms with Crippen LogP contribution in [0.25, 0.3) is 0 Å². The van der Waals surface area contributed by atoms with Gasteiger partial charge in [-0.15, -0.1) is 0 Å². The summed E-state index contributed by atoms with van der Waals surface area (Å²) in [5.41, 5.74) is 6.98. The molecule has 0 unspecified atom stereocenters. The first-order valence-electron chi connectivity index (χ1n) is 13.0. The molecule has 0 bridgehead atoms. The maximum atomic E-state index is 13.9. The second-order valence-electron chi connectivity index (χ2n) is 9.95. The van der Waals surface area contributed by atoms with E-state index in [9.17, 15) is 32.3 Å². The van der Waals surface area contributed by atoms with Crippen LogP contribution in [0.4, 0.5) is 13.2 Å². The Kier molecular flexibility index (Phi) is 9.01. The minimum Gasteiger partial charge on any atom is -0.356 e. The molecule has 3 N–H and O–H groups in total. The maximum Gasteiger partial charge on any atom is 0.261 e. The van der Waals surface area contributed by atoms with Crippen molar-refractivity contribution in [1.29, 1.82) is 0 Å². The number of imide groups is 1. The molecule has 8 nitrogen and oxygen atoms in total. The summed E-state index contributed by atoms with van der Waals surface area (Å²) in [4.78, 5) is 52.3. The first-order chi connectivity index (χ1) is 18.7. The largest absolute Gasteiger partial charge is 0.356 e. The van der Waals surface area contributed by atoms with Crippen molar-refractivity contribution < 1.29 is 32.3 Å². The Morgan fingerprint density at radius 1 is 0.949 bits per heavy atom. The number of nitrogens with one attached hydrogen (secondary N) is 1. The monoisotopic (exact) mass is 544 g/mol. The molecule has 2 aliphatic heterocycles. The molecular formula is C28H31F3N4O4. The lowest BCUT2D eigenvalue weighted by Gasteiger charge is -2.35. The van der Waals surface area contributed by atoms with Crippen LogP contribution in [-0.2, 0) is 16.0 Å². The van der Waals surface area contributed by atoms with Gasteiger partial charge < -0.3 is 16.0 Å². The second-order valence-corrected chi connectivity index (χ2v) is 9.95. The lowest BCUT2D eigenvalue weighted by Crippen LogP contribution is -2.44. The van der Waals surface area contributed by atoms with Gasteiger partial charge in [0.1, 0.15) is 5.82 Å². The average molecular weight is 545 g/mol. The third kappa shape index (κ3) is 6.65. The molecule has 1 atom stereocenters. The Bertz CT molecular complexity index is 1230. The van der Waals surface area contributed by atoms with E-state index < -0.39 is 23.5 Å². The summed E-state index contributed by atoms with van der Waals surface area (Å²) in [6.07, 6.45) is 1.82. The molecular weight excluding hydrogens is 513 g/mol. The van der Waals surface area contributed by atoms with Crippen LogP contribution in [0.2, 0.25) is 0 Å². The first kappa shape index (κ1) is 28.3.